The van der Waals surface area contributed by atoms with Crippen LogP contribution < -0.4 is 10.5 Å². The summed E-state index contributed by atoms with van der Waals surface area (Å²) in [5.74, 6) is 0.454. The molecule has 98 valence electrons. The molecule has 0 amide bonds. The normalized spacial score (nSPS) is 10.2. The van der Waals surface area contributed by atoms with E-state index in [1.54, 1.807) is 6.92 Å². The van der Waals surface area contributed by atoms with Crippen molar-refractivity contribution < 1.29 is 9.66 Å². The minimum Gasteiger partial charge on any atom is -0.431 e. The maximum absolute atomic E-state index is 10.9. The Kier molecular flexibility index (Phi) is 3.48. The van der Waals surface area contributed by atoms with Crippen molar-refractivity contribution in [2.75, 3.05) is 5.73 Å². The molecule has 8 heteroatoms. The van der Waals surface area contributed by atoms with Crippen LogP contribution in [0.3, 0.4) is 0 Å². The standard InChI is InChI=1S/C11H9ClN4O3/c1-6-10(13)14-5-15-11(6)19-9-3-2-7(12)4-8(9)16(17)18/h2-5H,1H3,(H2,13,14,15). The number of nitrogens with zero attached hydrogens (tertiary/aromatic N) is 3. The Morgan fingerprint density at radius 3 is 2.84 bits per heavy atom. The fourth-order valence-electron chi connectivity index (χ4n) is 1.37. The fourth-order valence-corrected chi connectivity index (χ4v) is 1.54. The highest BCUT2D eigenvalue weighted by atomic mass is 35.5. The second-order valence-electron chi connectivity index (χ2n) is 3.66. The van der Waals surface area contributed by atoms with Gasteiger partial charge in [0.05, 0.1) is 10.5 Å². The van der Waals surface area contributed by atoms with Crippen molar-refractivity contribution in [1.82, 2.24) is 9.97 Å². The number of hydrogen-bond donors (Lipinski definition) is 1. The van der Waals surface area contributed by atoms with Crippen molar-refractivity contribution in [2.45, 2.75) is 6.92 Å². The summed E-state index contributed by atoms with van der Waals surface area (Å²) >= 11 is 5.71. The average molecular weight is 281 g/mol. The summed E-state index contributed by atoms with van der Waals surface area (Å²) in [6, 6.07) is 4.10. The van der Waals surface area contributed by atoms with E-state index >= 15 is 0 Å². The number of nitrogen functional groups attached to an aromatic ring is 1. The van der Waals surface area contributed by atoms with Crippen molar-refractivity contribution in [3.8, 4) is 11.6 Å². The van der Waals surface area contributed by atoms with E-state index < -0.39 is 4.92 Å². The van der Waals surface area contributed by atoms with Crippen LogP contribution in [-0.2, 0) is 0 Å². The lowest BCUT2D eigenvalue weighted by Crippen LogP contribution is -2.00. The second kappa shape index (κ2) is 5.07. The van der Waals surface area contributed by atoms with E-state index in [4.69, 9.17) is 22.1 Å². The van der Waals surface area contributed by atoms with Gasteiger partial charge in [0, 0.05) is 11.1 Å². The molecule has 2 rings (SSSR count). The lowest BCUT2D eigenvalue weighted by Gasteiger charge is -2.08. The zero-order valence-electron chi connectivity index (χ0n) is 9.83. The Labute approximate surface area is 113 Å². The van der Waals surface area contributed by atoms with E-state index in [1.165, 1.54) is 24.5 Å². The molecule has 19 heavy (non-hydrogen) atoms. The number of nitro benzene ring substituents is 1. The van der Waals surface area contributed by atoms with Gasteiger partial charge in [-0.15, -0.1) is 0 Å². The van der Waals surface area contributed by atoms with Gasteiger partial charge < -0.3 is 10.5 Å². The Hall–Kier alpha value is -2.41. The van der Waals surface area contributed by atoms with Gasteiger partial charge in [-0.1, -0.05) is 11.6 Å². The molecule has 0 unspecified atom stereocenters. The molecule has 7 nitrogen and oxygen atoms in total. The van der Waals surface area contributed by atoms with Gasteiger partial charge in [-0.2, -0.15) is 0 Å². The minimum absolute atomic E-state index is 0.0376. The first kappa shape index (κ1) is 13.0. The summed E-state index contributed by atoms with van der Waals surface area (Å²) in [6.45, 7) is 1.66. The van der Waals surface area contributed by atoms with E-state index in [9.17, 15) is 10.1 Å². The Morgan fingerprint density at radius 1 is 1.42 bits per heavy atom. The van der Waals surface area contributed by atoms with Gasteiger partial charge in [0.15, 0.2) is 0 Å². The number of aromatic nitrogens is 2. The lowest BCUT2D eigenvalue weighted by atomic mass is 10.3. The van der Waals surface area contributed by atoms with Gasteiger partial charge in [-0.3, -0.25) is 10.1 Å². The van der Waals surface area contributed by atoms with Crippen molar-refractivity contribution in [2.24, 2.45) is 0 Å². The number of nitro groups is 1. The SMILES string of the molecule is Cc1c(N)ncnc1Oc1ccc(Cl)cc1[N+](=O)[O-]. The summed E-state index contributed by atoms with van der Waals surface area (Å²) in [7, 11) is 0. The highest BCUT2D eigenvalue weighted by Crippen LogP contribution is 2.34. The van der Waals surface area contributed by atoms with Gasteiger partial charge in [0.25, 0.3) is 0 Å². The Morgan fingerprint density at radius 2 is 2.16 bits per heavy atom. The topological polar surface area (TPSA) is 104 Å². The molecule has 0 saturated heterocycles. The molecule has 0 aliphatic rings. The summed E-state index contributed by atoms with van der Waals surface area (Å²) in [5, 5.41) is 11.2. The molecule has 0 fully saturated rings. The first-order valence-electron chi connectivity index (χ1n) is 5.18. The van der Waals surface area contributed by atoms with Crippen LogP contribution in [0.15, 0.2) is 24.5 Å². The van der Waals surface area contributed by atoms with Crippen molar-refractivity contribution in [3.05, 3.63) is 45.2 Å². The van der Waals surface area contributed by atoms with Gasteiger partial charge in [0.2, 0.25) is 11.6 Å². The number of benzene rings is 1. The quantitative estimate of drug-likeness (QED) is 0.684. The molecular weight excluding hydrogens is 272 g/mol. The molecule has 0 atom stereocenters. The van der Waals surface area contributed by atoms with Gasteiger partial charge in [-0.25, -0.2) is 9.97 Å². The molecule has 0 radical (unpaired) electrons. The molecule has 1 aromatic heterocycles. The molecule has 1 aromatic carbocycles. The predicted molar refractivity (Wildman–Crippen MR) is 69.4 cm³/mol. The van der Waals surface area contributed by atoms with E-state index in [-0.39, 0.29) is 28.2 Å². The second-order valence-corrected chi connectivity index (χ2v) is 4.10. The van der Waals surface area contributed by atoms with E-state index in [0.29, 0.717) is 5.56 Å². The van der Waals surface area contributed by atoms with Gasteiger partial charge >= 0.3 is 5.69 Å². The largest absolute Gasteiger partial charge is 0.431 e. The highest BCUT2D eigenvalue weighted by Gasteiger charge is 2.18. The number of ether oxygens (including phenoxy) is 1. The zero-order chi connectivity index (χ0) is 14.0. The van der Waals surface area contributed by atoms with Crippen LogP contribution >= 0.6 is 11.6 Å². The summed E-state index contributed by atoms with van der Waals surface area (Å²) in [6.07, 6.45) is 1.22. The summed E-state index contributed by atoms with van der Waals surface area (Å²) in [5.41, 5.74) is 5.87. The van der Waals surface area contributed by atoms with E-state index in [0.717, 1.165) is 0 Å². The van der Waals surface area contributed by atoms with Crippen LogP contribution in [0.25, 0.3) is 0 Å². The molecule has 2 N–H and O–H groups in total. The third kappa shape index (κ3) is 2.71. The number of nitrogens with two attached hydrogens (primary N) is 1. The lowest BCUT2D eigenvalue weighted by molar-refractivity contribution is -0.385. The molecule has 0 saturated carbocycles. The Bertz CT molecular complexity index is 648. The number of hydrogen-bond acceptors (Lipinski definition) is 6. The molecule has 0 bridgehead atoms. The summed E-state index contributed by atoms with van der Waals surface area (Å²) in [4.78, 5) is 18.0. The van der Waals surface area contributed by atoms with Crippen LogP contribution in [0.4, 0.5) is 11.5 Å². The van der Waals surface area contributed by atoms with Crippen LogP contribution in [0.2, 0.25) is 5.02 Å². The number of anilines is 1. The summed E-state index contributed by atoms with van der Waals surface area (Å²) < 4.78 is 5.41. The highest BCUT2D eigenvalue weighted by molar-refractivity contribution is 6.30. The predicted octanol–water partition coefficient (Wildman–Crippen LogP) is 2.72. The minimum atomic E-state index is -0.582. The van der Waals surface area contributed by atoms with Crippen molar-refractivity contribution in [3.63, 3.8) is 0 Å². The zero-order valence-corrected chi connectivity index (χ0v) is 10.6. The monoisotopic (exact) mass is 280 g/mol. The van der Waals surface area contributed by atoms with Crippen molar-refractivity contribution in [1.29, 1.82) is 0 Å². The fraction of sp³-hybridized carbons (Fsp3) is 0.0909. The molecular formula is C11H9ClN4O3. The maximum Gasteiger partial charge on any atom is 0.313 e. The number of halogens is 1. The third-order valence-electron chi connectivity index (χ3n) is 2.40. The molecule has 1 heterocycles. The third-order valence-corrected chi connectivity index (χ3v) is 2.64. The first-order valence-corrected chi connectivity index (χ1v) is 5.55. The van der Waals surface area contributed by atoms with E-state index in [1.807, 2.05) is 0 Å². The smallest absolute Gasteiger partial charge is 0.313 e. The van der Waals surface area contributed by atoms with Crippen LogP contribution in [-0.4, -0.2) is 14.9 Å². The van der Waals surface area contributed by atoms with Crippen LogP contribution in [0.5, 0.6) is 11.6 Å². The van der Waals surface area contributed by atoms with Gasteiger partial charge in [-0.05, 0) is 19.1 Å². The van der Waals surface area contributed by atoms with Crippen LogP contribution in [0.1, 0.15) is 5.56 Å². The molecule has 2 aromatic rings. The van der Waals surface area contributed by atoms with E-state index in [2.05, 4.69) is 9.97 Å². The number of rotatable bonds is 3. The van der Waals surface area contributed by atoms with Crippen LogP contribution in [0, 0.1) is 17.0 Å². The Balaban J connectivity index is 2.44. The molecule has 0 aliphatic heterocycles. The first-order chi connectivity index (χ1) is 8.99. The molecule has 0 spiro atoms. The molecule has 0 aliphatic carbocycles. The maximum atomic E-state index is 10.9. The van der Waals surface area contributed by atoms with Gasteiger partial charge in [0.1, 0.15) is 12.1 Å². The average Bonchev–Trinajstić information content (AvgIpc) is 2.36. The van der Waals surface area contributed by atoms with Crippen molar-refractivity contribution >= 4 is 23.1 Å².